The molecule has 10 nitrogen and oxygen atoms in total. The van der Waals surface area contributed by atoms with E-state index < -0.39 is 5.76 Å². The molecule has 3 aromatic rings. The van der Waals surface area contributed by atoms with Gasteiger partial charge >= 0.3 is 5.76 Å². The summed E-state index contributed by atoms with van der Waals surface area (Å²) in [5.41, 5.74) is 2.13. The summed E-state index contributed by atoms with van der Waals surface area (Å²) in [6.07, 6.45) is 1.76. The van der Waals surface area contributed by atoms with Crippen LogP contribution < -0.4 is 15.6 Å². The molecule has 2 saturated heterocycles. The number of para-hydroxylation sites is 2. The maximum absolute atomic E-state index is 12.8. The first-order chi connectivity index (χ1) is 15.2. The van der Waals surface area contributed by atoms with Gasteiger partial charge in [0.2, 0.25) is 5.91 Å². The molecule has 31 heavy (non-hydrogen) atoms. The minimum Gasteiger partial charge on any atom is -0.408 e. The number of hydrogen-bond donors (Lipinski definition) is 0. The van der Waals surface area contributed by atoms with Gasteiger partial charge in [0.25, 0.3) is 0 Å². The minimum absolute atomic E-state index is 0.0200. The standard InChI is InChI=1S/C21H24N6O4/c28-20(15-27-17-3-1-2-4-18(17)31-21(27)29)26-7-5-24(6-8-26)16-13-19(23-22-14-16)25-9-11-30-12-10-25/h1-4,13-14H,5-12,15H2. The number of piperazine rings is 1. The van der Waals surface area contributed by atoms with Crippen molar-refractivity contribution in [1.82, 2.24) is 19.7 Å². The van der Waals surface area contributed by atoms with E-state index in [1.807, 2.05) is 12.1 Å². The van der Waals surface area contributed by atoms with Gasteiger partial charge in [0.15, 0.2) is 11.4 Å². The highest BCUT2D eigenvalue weighted by molar-refractivity contribution is 5.80. The van der Waals surface area contributed by atoms with Crippen LogP contribution in [0.3, 0.4) is 0 Å². The van der Waals surface area contributed by atoms with E-state index >= 15 is 0 Å². The molecule has 0 radical (unpaired) electrons. The van der Waals surface area contributed by atoms with E-state index in [0.29, 0.717) is 50.5 Å². The van der Waals surface area contributed by atoms with E-state index in [1.165, 1.54) is 4.57 Å². The maximum atomic E-state index is 12.8. The smallest absolute Gasteiger partial charge is 0.408 e. The number of anilines is 2. The van der Waals surface area contributed by atoms with Gasteiger partial charge in [-0.05, 0) is 12.1 Å². The summed E-state index contributed by atoms with van der Waals surface area (Å²) in [7, 11) is 0. The van der Waals surface area contributed by atoms with E-state index in [4.69, 9.17) is 9.15 Å². The summed E-state index contributed by atoms with van der Waals surface area (Å²) < 4.78 is 12.0. The highest BCUT2D eigenvalue weighted by Crippen LogP contribution is 2.21. The lowest BCUT2D eigenvalue weighted by molar-refractivity contribution is -0.132. The fourth-order valence-electron chi connectivity index (χ4n) is 4.08. The second-order valence-corrected chi connectivity index (χ2v) is 7.66. The molecule has 5 rings (SSSR count). The summed E-state index contributed by atoms with van der Waals surface area (Å²) in [5, 5.41) is 8.44. The average molecular weight is 424 g/mol. The number of morpholine rings is 1. The summed E-state index contributed by atoms with van der Waals surface area (Å²) in [4.78, 5) is 31.2. The second-order valence-electron chi connectivity index (χ2n) is 7.66. The number of nitrogens with zero attached hydrogens (tertiary/aromatic N) is 6. The first kappa shape index (κ1) is 19.6. The van der Waals surface area contributed by atoms with Gasteiger partial charge in [-0.2, -0.15) is 5.10 Å². The fourth-order valence-corrected chi connectivity index (χ4v) is 4.08. The van der Waals surface area contributed by atoms with E-state index in [-0.39, 0.29) is 12.5 Å². The molecule has 0 spiro atoms. The number of fused-ring (bicyclic) bond motifs is 1. The molecular formula is C21H24N6O4. The molecule has 0 N–H and O–H groups in total. The number of oxazole rings is 1. The normalized spacial score (nSPS) is 17.4. The van der Waals surface area contributed by atoms with Gasteiger partial charge in [-0.15, -0.1) is 5.10 Å². The number of ether oxygens (including phenoxy) is 1. The Balaban J connectivity index is 1.23. The van der Waals surface area contributed by atoms with Crippen molar-refractivity contribution >= 4 is 28.5 Å². The summed E-state index contributed by atoms with van der Waals surface area (Å²) in [5.74, 6) is 0.257. The predicted molar refractivity (Wildman–Crippen MR) is 114 cm³/mol. The Hall–Kier alpha value is -3.40. The van der Waals surface area contributed by atoms with Crippen LogP contribution in [0.15, 0.2) is 45.7 Å². The molecule has 1 amide bonds. The third kappa shape index (κ3) is 3.98. The number of benzene rings is 1. The summed E-state index contributed by atoms with van der Waals surface area (Å²) >= 11 is 0. The maximum Gasteiger partial charge on any atom is 0.420 e. The molecule has 0 aliphatic carbocycles. The first-order valence-corrected chi connectivity index (χ1v) is 10.5. The van der Waals surface area contributed by atoms with Crippen LogP contribution in [0.4, 0.5) is 11.5 Å². The van der Waals surface area contributed by atoms with Crippen molar-refractivity contribution in [1.29, 1.82) is 0 Å². The molecule has 0 saturated carbocycles. The first-order valence-electron chi connectivity index (χ1n) is 10.5. The SMILES string of the molecule is O=C(Cn1c(=O)oc2ccccc21)N1CCN(c2cnnc(N3CCOCC3)c2)CC1. The monoisotopic (exact) mass is 424 g/mol. The Labute approximate surface area is 178 Å². The van der Waals surface area contributed by atoms with Gasteiger partial charge in [-0.1, -0.05) is 12.1 Å². The molecule has 10 heteroatoms. The number of carbonyl (C=O) groups excluding carboxylic acids is 1. The van der Waals surface area contributed by atoms with Crippen molar-refractivity contribution in [2.24, 2.45) is 0 Å². The van der Waals surface area contributed by atoms with Crippen LogP contribution in [-0.2, 0) is 16.1 Å². The quantitative estimate of drug-likeness (QED) is 0.600. The Morgan fingerprint density at radius 1 is 1.00 bits per heavy atom. The van der Waals surface area contributed by atoms with Gasteiger partial charge in [0.1, 0.15) is 6.54 Å². The molecular weight excluding hydrogens is 400 g/mol. The number of hydrogen-bond acceptors (Lipinski definition) is 8. The Morgan fingerprint density at radius 3 is 2.58 bits per heavy atom. The van der Waals surface area contributed by atoms with Crippen LogP contribution in [0.25, 0.3) is 11.1 Å². The second kappa shape index (κ2) is 8.38. The number of carbonyl (C=O) groups is 1. The Morgan fingerprint density at radius 2 is 1.77 bits per heavy atom. The topological polar surface area (TPSA) is 96.9 Å². The average Bonchev–Trinajstić information content (AvgIpc) is 3.15. The minimum atomic E-state index is -0.508. The van der Waals surface area contributed by atoms with Crippen LogP contribution in [0.5, 0.6) is 0 Å². The summed E-state index contributed by atoms with van der Waals surface area (Å²) in [6.45, 7) is 5.54. The molecule has 2 aromatic heterocycles. The molecule has 2 fully saturated rings. The van der Waals surface area contributed by atoms with Crippen molar-refractivity contribution in [2.45, 2.75) is 6.54 Å². The number of rotatable bonds is 4. The van der Waals surface area contributed by atoms with Gasteiger partial charge in [-0.3, -0.25) is 9.36 Å². The predicted octanol–water partition coefficient (Wildman–Crippen LogP) is 0.570. The highest BCUT2D eigenvalue weighted by Gasteiger charge is 2.24. The van der Waals surface area contributed by atoms with Crippen LogP contribution in [-0.4, -0.2) is 78.1 Å². The summed E-state index contributed by atoms with van der Waals surface area (Å²) in [6, 6.07) is 9.19. The van der Waals surface area contributed by atoms with Crippen molar-refractivity contribution in [3.63, 3.8) is 0 Å². The molecule has 2 aliphatic heterocycles. The van der Waals surface area contributed by atoms with Gasteiger partial charge in [0.05, 0.1) is 30.6 Å². The Bertz CT molecular complexity index is 1130. The van der Waals surface area contributed by atoms with E-state index in [9.17, 15) is 9.59 Å². The van der Waals surface area contributed by atoms with Crippen molar-refractivity contribution in [2.75, 3.05) is 62.3 Å². The van der Waals surface area contributed by atoms with Crippen LogP contribution in [0, 0.1) is 0 Å². The number of amides is 1. The zero-order valence-electron chi connectivity index (χ0n) is 17.1. The molecule has 4 heterocycles. The van der Waals surface area contributed by atoms with Gasteiger partial charge in [0, 0.05) is 45.3 Å². The zero-order valence-corrected chi connectivity index (χ0v) is 17.1. The van der Waals surface area contributed by atoms with Gasteiger partial charge < -0.3 is 23.9 Å². The van der Waals surface area contributed by atoms with Crippen LogP contribution >= 0.6 is 0 Å². The van der Waals surface area contributed by atoms with E-state index in [0.717, 1.165) is 24.6 Å². The third-order valence-electron chi connectivity index (χ3n) is 5.83. The fraction of sp³-hybridized carbons (Fsp3) is 0.429. The van der Waals surface area contributed by atoms with Crippen molar-refractivity contribution in [3.05, 3.63) is 47.1 Å². The lowest BCUT2D eigenvalue weighted by atomic mass is 10.2. The zero-order chi connectivity index (χ0) is 21.2. The third-order valence-corrected chi connectivity index (χ3v) is 5.83. The number of aromatic nitrogens is 3. The lowest BCUT2D eigenvalue weighted by Gasteiger charge is -2.36. The molecule has 0 unspecified atom stereocenters. The molecule has 0 bridgehead atoms. The van der Waals surface area contributed by atoms with E-state index in [2.05, 4.69) is 20.0 Å². The molecule has 2 aliphatic rings. The Kier molecular flexibility index (Phi) is 5.29. The lowest BCUT2D eigenvalue weighted by Crippen LogP contribution is -2.50. The molecule has 162 valence electrons. The van der Waals surface area contributed by atoms with Gasteiger partial charge in [-0.25, -0.2) is 4.79 Å². The van der Waals surface area contributed by atoms with Crippen molar-refractivity contribution < 1.29 is 13.9 Å². The molecule has 0 atom stereocenters. The highest BCUT2D eigenvalue weighted by atomic mass is 16.5. The molecule has 1 aromatic carbocycles. The van der Waals surface area contributed by atoms with Crippen LogP contribution in [0.2, 0.25) is 0 Å². The van der Waals surface area contributed by atoms with E-state index in [1.54, 1.807) is 29.3 Å². The van der Waals surface area contributed by atoms with Crippen LogP contribution in [0.1, 0.15) is 0 Å². The largest absolute Gasteiger partial charge is 0.420 e. The van der Waals surface area contributed by atoms with Crippen molar-refractivity contribution in [3.8, 4) is 0 Å².